The Labute approximate surface area is 287 Å². The fourth-order valence-electron chi connectivity index (χ4n) is 7.11. The van der Waals surface area contributed by atoms with Gasteiger partial charge in [-0.2, -0.15) is 5.10 Å². The number of nitrogens with one attached hydrogen (secondary N) is 2. The van der Waals surface area contributed by atoms with Crippen LogP contribution in [0.15, 0.2) is 60.8 Å². The zero-order valence-electron chi connectivity index (χ0n) is 28.8. The van der Waals surface area contributed by atoms with E-state index in [1.807, 2.05) is 59.8 Å². The molecule has 2 aromatic carbocycles. The molecular weight excluding hydrogens is 618 g/mol. The van der Waals surface area contributed by atoms with Crippen molar-refractivity contribution in [1.29, 1.82) is 0 Å². The highest BCUT2D eigenvalue weighted by Crippen LogP contribution is 2.40. The minimum absolute atomic E-state index is 0.172. The Morgan fingerprint density at radius 2 is 1.84 bits per heavy atom. The van der Waals surface area contributed by atoms with Gasteiger partial charge in [-0.3, -0.25) is 19.6 Å². The van der Waals surface area contributed by atoms with E-state index in [4.69, 9.17) is 9.94 Å². The second kappa shape index (κ2) is 13.8. The number of fused-ring (bicyclic) bond motifs is 2. The van der Waals surface area contributed by atoms with Crippen molar-refractivity contribution in [1.82, 2.24) is 39.8 Å². The van der Waals surface area contributed by atoms with Gasteiger partial charge in [0, 0.05) is 36.9 Å². The first-order valence-electron chi connectivity index (χ1n) is 17.4. The van der Waals surface area contributed by atoms with Crippen LogP contribution in [0.4, 0.5) is 10.6 Å². The Morgan fingerprint density at radius 1 is 1.04 bits per heavy atom. The largest absolute Gasteiger partial charge is 0.396 e. The van der Waals surface area contributed by atoms with Crippen molar-refractivity contribution in [2.24, 2.45) is 0 Å². The molecule has 1 aliphatic carbocycles. The lowest BCUT2D eigenvalue weighted by Crippen LogP contribution is -2.37. The molecule has 49 heavy (non-hydrogen) atoms. The Kier molecular flexibility index (Phi) is 9.27. The van der Waals surface area contributed by atoms with Crippen LogP contribution in [0, 0.1) is 6.92 Å². The van der Waals surface area contributed by atoms with Gasteiger partial charge in [0.05, 0.1) is 23.5 Å². The summed E-state index contributed by atoms with van der Waals surface area (Å²) in [5.74, 6) is 2.39. The summed E-state index contributed by atoms with van der Waals surface area (Å²) >= 11 is 0. The minimum atomic E-state index is -0.278. The average molecular weight is 666 g/mol. The van der Waals surface area contributed by atoms with Crippen LogP contribution in [-0.2, 0) is 16.9 Å². The number of aliphatic hydroxyl groups excluding tert-OH is 1. The molecule has 2 aliphatic heterocycles. The SMILES string of the molecule is Cc1ccc(-n2nc(C(C)(C)C)cc2NC(=O)N[C@H]2CC[C@@H](ON3C=Cc4nnc([C@@H]5CCCN5CCCO)n4C3)c3ccccc32)cc1. The predicted octanol–water partition coefficient (Wildman–Crippen LogP) is 6.16. The van der Waals surface area contributed by atoms with Gasteiger partial charge < -0.3 is 10.4 Å². The highest BCUT2D eigenvalue weighted by Gasteiger charge is 2.34. The van der Waals surface area contributed by atoms with Crippen molar-refractivity contribution in [3.05, 3.63) is 94.8 Å². The van der Waals surface area contributed by atoms with E-state index in [1.54, 1.807) is 4.68 Å². The zero-order valence-corrected chi connectivity index (χ0v) is 28.8. The van der Waals surface area contributed by atoms with Gasteiger partial charge in [0.2, 0.25) is 0 Å². The van der Waals surface area contributed by atoms with Gasteiger partial charge in [0.15, 0.2) is 11.6 Å². The van der Waals surface area contributed by atoms with Crippen LogP contribution >= 0.6 is 0 Å². The quantitative estimate of drug-likeness (QED) is 0.194. The highest BCUT2D eigenvalue weighted by atomic mass is 16.7. The lowest BCUT2D eigenvalue weighted by atomic mass is 9.86. The first-order valence-corrected chi connectivity index (χ1v) is 17.4. The van der Waals surface area contributed by atoms with Crippen LogP contribution in [0.3, 0.4) is 0 Å². The van der Waals surface area contributed by atoms with Crippen LogP contribution in [-0.4, -0.2) is 65.3 Å². The normalized spacial score (nSPS) is 20.7. The Hall–Kier alpha value is -4.52. The summed E-state index contributed by atoms with van der Waals surface area (Å²) in [5.41, 5.74) is 4.87. The minimum Gasteiger partial charge on any atom is -0.396 e. The van der Waals surface area contributed by atoms with Crippen molar-refractivity contribution < 1.29 is 14.7 Å². The predicted molar refractivity (Wildman–Crippen MR) is 188 cm³/mol. The van der Waals surface area contributed by atoms with E-state index in [9.17, 15) is 9.90 Å². The molecular formula is C37H47N9O3. The molecule has 3 atom stereocenters. The molecule has 3 aliphatic rings. The summed E-state index contributed by atoms with van der Waals surface area (Å²) < 4.78 is 3.94. The van der Waals surface area contributed by atoms with Crippen molar-refractivity contribution >= 4 is 17.9 Å². The molecule has 7 rings (SSSR count). The average Bonchev–Trinajstić information content (AvgIpc) is 3.83. The maximum atomic E-state index is 13.6. The van der Waals surface area contributed by atoms with E-state index >= 15 is 0 Å². The van der Waals surface area contributed by atoms with Crippen LogP contribution in [0.5, 0.6) is 0 Å². The molecule has 258 valence electrons. The number of carbonyl (C=O) groups is 1. The van der Waals surface area contributed by atoms with Gasteiger partial charge in [-0.1, -0.05) is 62.7 Å². The molecule has 1 saturated heterocycles. The Bertz CT molecular complexity index is 1810. The molecule has 12 nitrogen and oxygen atoms in total. The van der Waals surface area contributed by atoms with Gasteiger partial charge in [-0.15, -0.1) is 10.2 Å². The van der Waals surface area contributed by atoms with Crippen molar-refractivity contribution in [3.63, 3.8) is 0 Å². The Balaban J connectivity index is 1.04. The second-order valence-electron chi connectivity index (χ2n) is 14.4. The molecule has 0 bridgehead atoms. The number of aryl methyl sites for hydroxylation is 1. The first kappa shape index (κ1) is 33.0. The number of urea groups is 1. The fraction of sp³-hybridized carbons (Fsp3) is 0.459. The van der Waals surface area contributed by atoms with Gasteiger partial charge in [0.25, 0.3) is 0 Å². The van der Waals surface area contributed by atoms with E-state index in [0.29, 0.717) is 12.5 Å². The number of anilines is 1. The molecule has 4 heterocycles. The maximum absolute atomic E-state index is 13.6. The molecule has 2 aromatic heterocycles. The van der Waals surface area contributed by atoms with Crippen molar-refractivity contribution in [2.75, 3.05) is 25.0 Å². The topological polar surface area (TPSA) is 126 Å². The number of hydrogen-bond acceptors (Lipinski definition) is 8. The summed E-state index contributed by atoms with van der Waals surface area (Å²) in [7, 11) is 0. The third kappa shape index (κ3) is 6.99. The summed E-state index contributed by atoms with van der Waals surface area (Å²) in [5, 5.41) is 31.5. The number of rotatable bonds is 9. The van der Waals surface area contributed by atoms with E-state index in [1.165, 1.54) is 0 Å². The van der Waals surface area contributed by atoms with Crippen molar-refractivity contribution in [2.45, 2.75) is 90.1 Å². The lowest BCUT2D eigenvalue weighted by Gasteiger charge is -2.35. The number of aromatic nitrogens is 5. The fourth-order valence-corrected chi connectivity index (χ4v) is 7.11. The summed E-state index contributed by atoms with van der Waals surface area (Å²) in [4.78, 5) is 22.6. The number of hydroxylamine groups is 2. The van der Waals surface area contributed by atoms with E-state index in [-0.39, 0.29) is 36.2 Å². The third-order valence-corrected chi connectivity index (χ3v) is 9.75. The molecule has 0 saturated carbocycles. The number of carbonyl (C=O) groups excluding carboxylic acids is 1. The summed E-state index contributed by atoms with van der Waals surface area (Å²) in [6, 6.07) is 18.0. The molecule has 0 unspecified atom stereocenters. The number of aliphatic hydroxyl groups is 1. The van der Waals surface area contributed by atoms with Gasteiger partial charge in [-0.25, -0.2) is 14.5 Å². The maximum Gasteiger partial charge on any atom is 0.320 e. The number of hydrogen-bond donors (Lipinski definition) is 3. The first-order chi connectivity index (χ1) is 23.7. The van der Waals surface area contributed by atoms with Gasteiger partial charge in [-0.05, 0) is 68.8 Å². The van der Waals surface area contributed by atoms with Crippen LogP contribution in [0.25, 0.3) is 11.8 Å². The summed E-state index contributed by atoms with van der Waals surface area (Å²) in [6.45, 7) is 10.9. The molecule has 3 N–H and O–H groups in total. The molecule has 1 fully saturated rings. The van der Waals surface area contributed by atoms with Crippen LogP contribution in [0.2, 0.25) is 0 Å². The second-order valence-corrected chi connectivity index (χ2v) is 14.4. The zero-order chi connectivity index (χ0) is 34.1. The number of nitrogens with zero attached hydrogens (tertiary/aromatic N) is 7. The third-order valence-electron chi connectivity index (χ3n) is 9.75. The lowest BCUT2D eigenvalue weighted by molar-refractivity contribution is -0.190. The van der Waals surface area contributed by atoms with Gasteiger partial charge in [0.1, 0.15) is 18.6 Å². The standard InChI is InChI=1S/C37H47N9O3/c1-25-12-14-26(15-13-25)46-34(23-32(42-46)37(2,3)4)39-36(48)38-29-16-17-31(28-10-6-5-9-27(28)29)49-44-21-18-33-40-41-35(45(33)24-44)30-11-7-19-43(30)20-8-22-47/h5-6,9-10,12-15,18,21,23,29-31,47H,7-8,11,16-17,19-20,22,24H2,1-4H3,(H2,38,39,48)/t29-,30-,31+/m0/s1. The highest BCUT2D eigenvalue weighted by molar-refractivity contribution is 5.89. The van der Waals surface area contributed by atoms with E-state index in [2.05, 4.69) is 70.1 Å². The monoisotopic (exact) mass is 665 g/mol. The van der Waals surface area contributed by atoms with Gasteiger partial charge >= 0.3 is 6.03 Å². The molecule has 0 radical (unpaired) electrons. The summed E-state index contributed by atoms with van der Waals surface area (Å²) in [6.07, 6.45) is 8.05. The van der Waals surface area contributed by atoms with E-state index in [0.717, 1.165) is 84.9 Å². The Morgan fingerprint density at radius 3 is 2.61 bits per heavy atom. The molecule has 4 aromatic rings. The number of amides is 2. The van der Waals surface area contributed by atoms with Crippen LogP contribution in [0.1, 0.15) is 105 Å². The molecule has 0 spiro atoms. The van der Waals surface area contributed by atoms with Crippen LogP contribution < -0.4 is 10.6 Å². The number of likely N-dealkylation sites (tertiary alicyclic amines) is 1. The molecule has 12 heteroatoms. The number of benzene rings is 2. The smallest absolute Gasteiger partial charge is 0.320 e. The van der Waals surface area contributed by atoms with Crippen molar-refractivity contribution in [3.8, 4) is 5.69 Å². The molecule has 2 amide bonds. The van der Waals surface area contributed by atoms with E-state index < -0.39 is 0 Å².